The van der Waals surface area contributed by atoms with Crippen LogP contribution in [0.4, 0.5) is 0 Å². The average molecular weight is 237 g/mol. The van der Waals surface area contributed by atoms with Crippen molar-refractivity contribution in [2.24, 2.45) is 5.92 Å². The van der Waals surface area contributed by atoms with Crippen molar-refractivity contribution in [2.75, 3.05) is 19.8 Å². The molecule has 0 aromatic carbocycles. The lowest BCUT2D eigenvalue weighted by atomic mass is 10.1. The molecule has 1 aromatic heterocycles. The topological polar surface area (TPSA) is 48.4 Å². The number of aldehydes is 1. The van der Waals surface area contributed by atoms with Crippen LogP contribution in [0.15, 0.2) is 18.3 Å². The molecule has 0 saturated carbocycles. The minimum Gasteiger partial charge on any atom is -0.490 e. The Labute approximate surface area is 102 Å². The number of carbonyl (C=O) groups excluding carboxylic acids is 1. The normalized spacial score (nSPS) is 10.5. The number of rotatable bonds is 8. The maximum atomic E-state index is 10.4. The molecule has 0 saturated heterocycles. The third-order valence-electron chi connectivity index (χ3n) is 2.22. The van der Waals surface area contributed by atoms with Gasteiger partial charge in [-0.2, -0.15) is 0 Å². The average Bonchev–Trinajstić information content (AvgIpc) is 2.34. The lowest BCUT2D eigenvalue weighted by Crippen LogP contribution is -2.08. The second-order valence-corrected chi connectivity index (χ2v) is 4.18. The first-order valence-corrected chi connectivity index (χ1v) is 5.84. The molecule has 0 unspecified atom stereocenters. The van der Waals surface area contributed by atoms with E-state index in [1.54, 1.807) is 12.1 Å². The van der Waals surface area contributed by atoms with Crippen molar-refractivity contribution in [3.63, 3.8) is 0 Å². The van der Waals surface area contributed by atoms with Gasteiger partial charge < -0.3 is 9.47 Å². The molecule has 0 bridgehead atoms. The maximum Gasteiger partial charge on any atom is 0.168 e. The summed E-state index contributed by atoms with van der Waals surface area (Å²) in [4.78, 5) is 14.3. The highest BCUT2D eigenvalue weighted by Crippen LogP contribution is 2.07. The van der Waals surface area contributed by atoms with Gasteiger partial charge in [0, 0.05) is 6.61 Å². The number of carbonyl (C=O) groups is 1. The first-order chi connectivity index (χ1) is 8.22. The smallest absolute Gasteiger partial charge is 0.168 e. The quantitative estimate of drug-likeness (QED) is 0.514. The van der Waals surface area contributed by atoms with Gasteiger partial charge >= 0.3 is 0 Å². The molecule has 4 nitrogen and oxygen atoms in total. The third-order valence-corrected chi connectivity index (χ3v) is 2.22. The van der Waals surface area contributed by atoms with E-state index in [9.17, 15) is 4.79 Å². The summed E-state index contributed by atoms with van der Waals surface area (Å²) in [6.45, 7) is 6.17. The van der Waals surface area contributed by atoms with Gasteiger partial charge in [-0.25, -0.2) is 4.98 Å². The summed E-state index contributed by atoms with van der Waals surface area (Å²) in [7, 11) is 0. The Morgan fingerprint density at radius 2 is 2.12 bits per heavy atom. The Balaban J connectivity index is 2.11. The Kier molecular flexibility index (Phi) is 6.25. The summed E-state index contributed by atoms with van der Waals surface area (Å²) >= 11 is 0. The van der Waals surface area contributed by atoms with Crippen molar-refractivity contribution in [1.82, 2.24) is 4.98 Å². The van der Waals surface area contributed by atoms with E-state index in [1.807, 2.05) is 0 Å². The summed E-state index contributed by atoms with van der Waals surface area (Å²) < 4.78 is 10.8. The summed E-state index contributed by atoms with van der Waals surface area (Å²) in [6.07, 6.45) is 3.31. The Morgan fingerprint density at radius 3 is 2.71 bits per heavy atom. The largest absolute Gasteiger partial charge is 0.490 e. The molecule has 0 atom stereocenters. The second-order valence-electron chi connectivity index (χ2n) is 4.18. The first-order valence-electron chi connectivity index (χ1n) is 5.84. The molecule has 1 aromatic rings. The lowest BCUT2D eigenvalue weighted by Gasteiger charge is -2.08. The van der Waals surface area contributed by atoms with Crippen LogP contribution in [0.3, 0.4) is 0 Å². The monoisotopic (exact) mass is 237 g/mol. The highest BCUT2D eigenvalue weighted by Gasteiger charge is 1.97. The second kappa shape index (κ2) is 7.79. The van der Waals surface area contributed by atoms with Crippen LogP contribution >= 0.6 is 0 Å². The van der Waals surface area contributed by atoms with Crippen LogP contribution in [-0.2, 0) is 4.74 Å². The van der Waals surface area contributed by atoms with Gasteiger partial charge in [0.15, 0.2) is 6.29 Å². The summed E-state index contributed by atoms with van der Waals surface area (Å²) in [6, 6.07) is 3.35. The molecule has 0 spiro atoms. The zero-order valence-electron chi connectivity index (χ0n) is 10.4. The number of nitrogens with zero attached hydrogens (tertiary/aromatic N) is 1. The van der Waals surface area contributed by atoms with E-state index in [2.05, 4.69) is 18.8 Å². The van der Waals surface area contributed by atoms with Crippen molar-refractivity contribution in [3.8, 4) is 5.75 Å². The molecule has 0 amide bonds. The summed E-state index contributed by atoms with van der Waals surface area (Å²) in [5.41, 5.74) is 0.408. The van der Waals surface area contributed by atoms with Crippen LogP contribution in [-0.4, -0.2) is 31.1 Å². The van der Waals surface area contributed by atoms with E-state index in [4.69, 9.17) is 9.47 Å². The highest BCUT2D eigenvalue weighted by molar-refractivity contribution is 5.71. The van der Waals surface area contributed by atoms with Crippen LogP contribution in [0.1, 0.15) is 30.8 Å². The van der Waals surface area contributed by atoms with Gasteiger partial charge in [0.1, 0.15) is 18.1 Å². The Hall–Kier alpha value is -1.42. The van der Waals surface area contributed by atoms with Crippen LogP contribution < -0.4 is 4.74 Å². The van der Waals surface area contributed by atoms with Crippen molar-refractivity contribution in [1.29, 1.82) is 0 Å². The van der Waals surface area contributed by atoms with E-state index in [0.717, 1.165) is 13.0 Å². The van der Waals surface area contributed by atoms with Gasteiger partial charge in [-0.05, 0) is 24.5 Å². The molecule has 94 valence electrons. The van der Waals surface area contributed by atoms with Crippen LogP contribution in [0.5, 0.6) is 5.75 Å². The molecular weight excluding hydrogens is 218 g/mol. The fraction of sp³-hybridized carbons (Fsp3) is 0.538. The van der Waals surface area contributed by atoms with Gasteiger partial charge in [-0.15, -0.1) is 0 Å². The maximum absolute atomic E-state index is 10.4. The molecule has 1 rings (SSSR count). The fourth-order valence-corrected chi connectivity index (χ4v) is 1.19. The van der Waals surface area contributed by atoms with E-state index in [-0.39, 0.29) is 0 Å². The number of pyridine rings is 1. The standard InChI is InChI=1S/C13H19NO3/c1-11(2)5-6-16-7-8-17-13-4-3-12(10-15)14-9-13/h3-4,9-11H,5-8H2,1-2H3. The number of hydrogen-bond donors (Lipinski definition) is 0. The number of ether oxygens (including phenoxy) is 2. The molecule has 1 heterocycles. The zero-order valence-corrected chi connectivity index (χ0v) is 10.4. The van der Waals surface area contributed by atoms with E-state index in [0.29, 0.717) is 36.9 Å². The van der Waals surface area contributed by atoms with E-state index in [1.165, 1.54) is 6.20 Å². The van der Waals surface area contributed by atoms with Gasteiger partial charge in [-0.1, -0.05) is 13.8 Å². The van der Waals surface area contributed by atoms with Crippen molar-refractivity contribution >= 4 is 6.29 Å². The molecule has 17 heavy (non-hydrogen) atoms. The summed E-state index contributed by atoms with van der Waals surface area (Å²) in [5.74, 6) is 1.32. The van der Waals surface area contributed by atoms with Gasteiger partial charge in [0.05, 0.1) is 12.8 Å². The first kappa shape index (κ1) is 13.6. The predicted octanol–water partition coefficient (Wildman–Crippen LogP) is 2.34. The molecule has 0 aliphatic carbocycles. The lowest BCUT2D eigenvalue weighted by molar-refractivity contribution is 0.0924. The number of hydrogen-bond acceptors (Lipinski definition) is 4. The minimum absolute atomic E-state index is 0.408. The molecule has 0 aliphatic heterocycles. The molecule has 0 fully saturated rings. The third kappa shape index (κ3) is 6.02. The van der Waals surface area contributed by atoms with E-state index < -0.39 is 0 Å². The molecule has 4 heteroatoms. The van der Waals surface area contributed by atoms with Crippen LogP contribution in [0.2, 0.25) is 0 Å². The van der Waals surface area contributed by atoms with Crippen molar-refractivity contribution in [3.05, 3.63) is 24.0 Å². The zero-order chi connectivity index (χ0) is 12.5. The molecule has 0 aliphatic rings. The van der Waals surface area contributed by atoms with Gasteiger partial charge in [0.2, 0.25) is 0 Å². The summed E-state index contributed by atoms with van der Waals surface area (Å²) in [5, 5.41) is 0. The van der Waals surface area contributed by atoms with Gasteiger partial charge in [0.25, 0.3) is 0 Å². The Bertz CT molecular complexity index is 322. The predicted molar refractivity (Wildman–Crippen MR) is 65.4 cm³/mol. The van der Waals surface area contributed by atoms with E-state index >= 15 is 0 Å². The molecular formula is C13H19NO3. The Morgan fingerprint density at radius 1 is 1.29 bits per heavy atom. The van der Waals surface area contributed by atoms with Crippen LogP contribution in [0, 0.1) is 5.92 Å². The molecule has 0 radical (unpaired) electrons. The van der Waals surface area contributed by atoms with Gasteiger partial charge in [-0.3, -0.25) is 4.79 Å². The number of aromatic nitrogens is 1. The van der Waals surface area contributed by atoms with Crippen LogP contribution in [0.25, 0.3) is 0 Å². The highest BCUT2D eigenvalue weighted by atomic mass is 16.5. The minimum atomic E-state index is 0.408. The van der Waals surface area contributed by atoms with Crippen molar-refractivity contribution in [2.45, 2.75) is 20.3 Å². The molecule has 0 N–H and O–H groups in total. The van der Waals surface area contributed by atoms with Crippen molar-refractivity contribution < 1.29 is 14.3 Å². The fourth-order valence-electron chi connectivity index (χ4n) is 1.19. The SMILES string of the molecule is CC(C)CCOCCOc1ccc(C=O)nc1.